The van der Waals surface area contributed by atoms with Crippen molar-refractivity contribution in [3.8, 4) is 0 Å². The molecule has 0 aliphatic heterocycles. The normalized spacial score (nSPS) is 46.9. The van der Waals surface area contributed by atoms with E-state index in [4.69, 9.17) is 0 Å². The molecule has 4 saturated carbocycles. The first kappa shape index (κ1) is 18.6. The van der Waals surface area contributed by atoms with E-state index in [-0.39, 0.29) is 11.5 Å². The summed E-state index contributed by atoms with van der Waals surface area (Å²) in [4.78, 5) is 13.4. The third-order valence-electron chi connectivity index (χ3n) is 9.34. The van der Waals surface area contributed by atoms with Crippen molar-refractivity contribution in [2.45, 2.75) is 71.3 Å². The topological polar surface area (TPSA) is 55.1 Å². The highest BCUT2D eigenvalue weighted by Crippen LogP contribution is 2.66. The Bertz CT molecular complexity index is 826. The third kappa shape index (κ3) is 2.59. The fraction of sp³-hybridized carbons (Fsp3) is 0.750. The van der Waals surface area contributed by atoms with Gasteiger partial charge >= 0.3 is 0 Å². The van der Waals surface area contributed by atoms with Crippen LogP contribution in [0.4, 0.5) is 0 Å². The molecule has 1 aromatic heterocycles. The minimum atomic E-state index is -0.174. The summed E-state index contributed by atoms with van der Waals surface area (Å²) in [5.74, 6) is 2.95. The van der Waals surface area contributed by atoms with E-state index in [2.05, 4.69) is 25.0 Å². The Morgan fingerprint density at radius 1 is 1.18 bits per heavy atom. The molecule has 1 N–H and O–H groups in total. The predicted octanol–water partition coefficient (Wildman–Crippen LogP) is 4.39. The summed E-state index contributed by atoms with van der Waals surface area (Å²) >= 11 is 0. The van der Waals surface area contributed by atoms with Gasteiger partial charge in [-0.15, -0.1) is 0 Å². The largest absolute Gasteiger partial charge is 0.393 e. The lowest BCUT2D eigenvalue weighted by molar-refractivity contribution is -0.141. The van der Waals surface area contributed by atoms with Gasteiger partial charge in [0, 0.05) is 24.2 Å². The smallest absolute Gasteiger partial charge is 0.165 e. The first-order chi connectivity index (χ1) is 13.3. The van der Waals surface area contributed by atoms with Crippen LogP contribution in [-0.2, 0) is 11.8 Å². The highest BCUT2D eigenvalue weighted by Gasteiger charge is 2.61. The van der Waals surface area contributed by atoms with Crippen molar-refractivity contribution in [2.24, 2.45) is 41.5 Å². The van der Waals surface area contributed by atoms with Crippen LogP contribution < -0.4 is 0 Å². The van der Waals surface area contributed by atoms with Gasteiger partial charge < -0.3 is 5.11 Å². The van der Waals surface area contributed by atoms with E-state index in [0.717, 1.165) is 49.2 Å². The van der Waals surface area contributed by atoms with Crippen molar-refractivity contribution in [1.82, 2.24) is 9.78 Å². The second kappa shape index (κ2) is 6.29. The summed E-state index contributed by atoms with van der Waals surface area (Å²) < 4.78 is 1.80. The Labute approximate surface area is 168 Å². The zero-order chi connectivity index (χ0) is 19.7. The van der Waals surface area contributed by atoms with Gasteiger partial charge in [-0.05, 0) is 92.1 Å². The number of nitrogens with zero attached hydrogens (tertiary/aromatic N) is 2. The zero-order valence-electron chi connectivity index (χ0n) is 17.5. The molecule has 0 amide bonds. The number of aromatic nitrogens is 2. The highest BCUT2D eigenvalue weighted by molar-refractivity contribution is 6.05. The predicted molar refractivity (Wildman–Crippen MR) is 109 cm³/mol. The maximum absolute atomic E-state index is 13.4. The number of hydrogen-bond acceptors (Lipinski definition) is 3. The standard InChI is InChI=1S/C24H34N2O2/c1-23-8-6-18(27)12-17(23)4-5-19-20(23)7-9-24(2)21(19)11-16(22(24)28)10-15-13-25-26(3)14-15/h10,13-14,17-21,27H,4-9,11-12H2,1-3H3/b16-10-/t17-,18+,19-,20+,21+,23+,24+/m1/s1. The number of aliphatic hydroxyl groups excluding tert-OH is 1. The molecule has 0 aromatic carbocycles. The lowest BCUT2D eigenvalue weighted by Crippen LogP contribution is -2.54. The minimum Gasteiger partial charge on any atom is -0.393 e. The number of hydrogen-bond donors (Lipinski definition) is 1. The Hall–Kier alpha value is -1.42. The van der Waals surface area contributed by atoms with E-state index >= 15 is 0 Å². The SMILES string of the molecule is Cn1cc(/C=C2/C[C@H]3[C@@H]4CC[C@@H]5C[C@@H](O)CC[C@]5(C)[C@H]4CC[C@]3(C)C2=O)cn1. The van der Waals surface area contributed by atoms with Crippen LogP contribution in [0.1, 0.15) is 70.8 Å². The van der Waals surface area contributed by atoms with E-state index in [1.165, 1.54) is 19.3 Å². The van der Waals surface area contributed by atoms with Crippen LogP contribution in [0.25, 0.3) is 6.08 Å². The third-order valence-corrected chi connectivity index (χ3v) is 9.34. The monoisotopic (exact) mass is 382 g/mol. The molecule has 0 unspecified atom stereocenters. The van der Waals surface area contributed by atoms with E-state index < -0.39 is 0 Å². The van der Waals surface area contributed by atoms with Crippen molar-refractivity contribution < 1.29 is 9.90 Å². The Balaban J connectivity index is 1.45. The number of fused-ring (bicyclic) bond motifs is 5. The average molecular weight is 383 g/mol. The number of allylic oxidation sites excluding steroid dienone is 1. The van der Waals surface area contributed by atoms with Crippen molar-refractivity contribution in [1.29, 1.82) is 0 Å². The van der Waals surface area contributed by atoms with Crippen LogP contribution in [0.3, 0.4) is 0 Å². The van der Waals surface area contributed by atoms with Gasteiger partial charge in [-0.25, -0.2) is 0 Å². The molecule has 28 heavy (non-hydrogen) atoms. The van der Waals surface area contributed by atoms with Crippen LogP contribution in [-0.4, -0.2) is 26.8 Å². The summed E-state index contributed by atoms with van der Waals surface area (Å²) in [6.45, 7) is 4.76. The fourth-order valence-corrected chi connectivity index (χ4v) is 7.75. The number of ketones is 1. The number of aliphatic hydroxyl groups is 1. The molecule has 152 valence electrons. The highest BCUT2D eigenvalue weighted by atomic mass is 16.3. The van der Waals surface area contributed by atoms with E-state index in [9.17, 15) is 9.90 Å². The van der Waals surface area contributed by atoms with E-state index in [1.807, 2.05) is 19.4 Å². The molecular weight excluding hydrogens is 348 g/mol. The van der Waals surface area contributed by atoms with Crippen LogP contribution in [0, 0.1) is 34.5 Å². The van der Waals surface area contributed by atoms with Crippen LogP contribution in [0.5, 0.6) is 0 Å². The fourth-order valence-electron chi connectivity index (χ4n) is 7.75. The van der Waals surface area contributed by atoms with Crippen molar-refractivity contribution in [3.05, 3.63) is 23.5 Å². The first-order valence-electron chi connectivity index (χ1n) is 11.2. The quantitative estimate of drug-likeness (QED) is 0.733. The maximum Gasteiger partial charge on any atom is 0.165 e. The molecule has 4 aliphatic carbocycles. The maximum atomic E-state index is 13.4. The first-order valence-corrected chi connectivity index (χ1v) is 11.2. The minimum absolute atomic E-state index is 0.0921. The van der Waals surface area contributed by atoms with Gasteiger partial charge in [-0.3, -0.25) is 9.48 Å². The number of Topliss-reactive ketones (excluding diaryl/α,β-unsaturated/α-hetero) is 1. The molecule has 5 rings (SSSR count). The number of aryl methyl sites for hydroxylation is 1. The average Bonchev–Trinajstić information content (AvgIpc) is 3.18. The van der Waals surface area contributed by atoms with Crippen molar-refractivity contribution in [2.75, 3.05) is 0 Å². The molecule has 0 spiro atoms. The molecule has 7 atom stereocenters. The van der Waals surface area contributed by atoms with Crippen molar-refractivity contribution >= 4 is 11.9 Å². The second-order valence-corrected chi connectivity index (χ2v) is 10.7. The molecule has 1 heterocycles. The van der Waals surface area contributed by atoms with Gasteiger partial charge in [0.2, 0.25) is 0 Å². The zero-order valence-corrected chi connectivity index (χ0v) is 17.5. The van der Waals surface area contributed by atoms with Gasteiger partial charge in [0.15, 0.2) is 5.78 Å². The van der Waals surface area contributed by atoms with Gasteiger partial charge in [0.1, 0.15) is 0 Å². The van der Waals surface area contributed by atoms with E-state index in [0.29, 0.717) is 29.0 Å². The molecule has 0 bridgehead atoms. The summed E-state index contributed by atoms with van der Waals surface area (Å²) in [7, 11) is 1.92. The molecular formula is C24H34N2O2. The molecule has 4 aliphatic rings. The summed E-state index contributed by atoms with van der Waals surface area (Å²) in [5.41, 5.74) is 2.25. The molecule has 1 aromatic rings. The van der Waals surface area contributed by atoms with Crippen LogP contribution >= 0.6 is 0 Å². The van der Waals surface area contributed by atoms with Gasteiger partial charge in [0.05, 0.1) is 12.3 Å². The molecule has 0 radical (unpaired) electrons. The Morgan fingerprint density at radius 3 is 2.75 bits per heavy atom. The number of rotatable bonds is 1. The molecule has 4 nitrogen and oxygen atoms in total. The second-order valence-electron chi connectivity index (χ2n) is 10.7. The van der Waals surface area contributed by atoms with Crippen LogP contribution in [0.2, 0.25) is 0 Å². The molecule has 4 heteroatoms. The van der Waals surface area contributed by atoms with Gasteiger partial charge in [-0.1, -0.05) is 13.8 Å². The summed E-state index contributed by atoms with van der Waals surface area (Å²) in [5, 5.41) is 14.5. The van der Waals surface area contributed by atoms with E-state index in [1.54, 1.807) is 4.68 Å². The van der Waals surface area contributed by atoms with Gasteiger partial charge in [0.25, 0.3) is 0 Å². The Kier molecular flexibility index (Phi) is 4.18. The lowest BCUT2D eigenvalue weighted by Gasteiger charge is -2.59. The molecule has 0 saturated heterocycles. The number of carbonyl (C=O) groups excluding carboxylic acids is 1. The summed E-state index contributed by atoms with van der Waals surface area (Å²) in [6, 6.07) is 0. The lowest BCUT2D eigenvalue weighted by atomic mass is 9.45. The van der Waals surface area contributed by atoms with Crippen LogP contribution in [0.15, 0.2) is 18.0 Å². The Morgan fingerprint density at radius 2 is 2.00 bits per heavy atom. The van der Waals surface area contributed by atoms with Crippen molar-refractivity contribution in [3.63, 3.8) is 0 Å². The molecule has 4 fully saturated rings. The number of carbonyl (C=O) groups is 1. The van der Waals surface area contributed by atoms with Gasteiger partial charge in [-0.2, -0.15) is 5.10 Å². The summed E-state index contributed by atoms with van der Waals surface area (Å²) in [6.07, 6.45) is 14.6.